The van der Waals surface area contributed by atoms with Crippen molar-refractivity contribution >= 4 is 49.3 Å². The number of aromatic nitrogens is 2. The third-order valence-electron chi connectivity index (χ3n) is 8.32. The maximum Gasteiger partial charge on any atom is 0.283 e. The molecule has 0 saturated carbocycles. The zero-order valence-electron chi connectivity index (χ0n) is 26.3. The number of hydrogen-bond acceptors (Lipinski definition) is 6. The molecule has 1 aliphatic heterocycles. The van der Waals surface area contributed by atoms with Gasteiger partial charge in [0.2, 0.25) is 10.0 Å². The van der Waals surface area contributed by atoms with Gasteiger partial charge in [0.15, 0.2) is 6.73 Å². The fourth-order valence-electron chi connectivity index (χ4n) is 5.61. The van der Waals surface area contributed by atoms with Gasteiger partial charge in [-0.2, -0.15) is 4.99 Å². The van der Waals surface area contributed by atoms with Crippen molar-refractivity contribution in [1.82, 2.24) is 14.5 Å². The van der Waals surface area contributed by atoms with E-state index in [9.17, 15) is 22.0 Å². The Hall–Kier alpha value is -5.56. The number of halogens is 2. The average molecular weight is 670 g/mol. The fraction of sp³-hybridized carbons (Fsp3) is 0.171. The summed E-state index contributed by atoms with van der Waals surface area (Å²) in [6.07, 6.45) is 0. The minimum atomic E-state index is -3.79. The number of amidine groups is 1. The number of nitrogens with one attached hydrogen (secondary N) is 1. The zero-order valence-corrected chi connectivity index (χ0v) is 27.2. The predicted molar refractivity (Wildman–Crippen MR) is 181 cm³/mol. The minimum Gasteiger partial charge on any atom is -0.470 e. The van der Waals surface area contributed by atoms with E-state index in [-0.39, 0.29) is 40.9 Å². The van der Waals surface area contributed by atoms with Crippen LogP contribution in [0.4, 0.5) is 14.5 Å². The number of aliphatic imine (C=N–C) groups is 1. The van der Waals surface area contributed by atoms with E-state index in [1.807, 2.05) is 4.57 Å². The van der Waals surface area contributed by atoms with Crippen LogP contribution in [0.5, 0.6) is 5.75 Å². The first-order valence-corrected chi connectivity index (χ1v) is 16.7. The summed E-state index contributed by atoms with van der Waals surface area (Å²) in [5.74, 6) is -0.603. The van der Waals surface area contributed by atoms with Gasteiger partial charge in [0.05, 0.1) is 33.9 Å². The molecule has 0 radical (unpaired) electrons. The molecule has 3 aromatic carbocycles. The first-order chi connectivity index (χ1) is 22.9. The molecule has 0 aliphatic carbocycles. The molecule has 1 aliphatic rings. The van der Waals surface area contributed by atoms with Gasteiger partial charge in [-0.15, -0.1) is 0 Å². The van der Waals surface area contributed by atoms with Crippen LogP contribution in [0, 0.1) is 11.6 Å². The molecule has 13 heteroatoms. The number of carbonyl (C=O) groups is 1. The maximum absolute atomic E-state index is 14.7. The van der Waals surface area contributed by atoms with Crippen molar-refractivity contribution in [2.75, 3.05) is 24.6 Å². The third kappa shape index (κ3) is 5.35. The van der Waals surface area contributed by atoms with Crippen LogP contribution < -0.4 is 9.46 Å². The molecule has 10 nitrogen and oxygen atoms in total. The number of ether oxygens (including phenoxy) is 1. The van der Waals surface area contributed by atoms with Gasteiger partial charge in [0.1, 0.15) is 40.3 Å². The van der Waals surface area contributed by atoms with Crippen LogP contribution in [0.2, 0.25) is 0 Å². The van der Waals surface area contributed by atoms with Crippen LogP contribution >= 0.6 is 0 Å². The number of nitrogens with zero attached hydrogens (tertiary/aromatic N) is 4. The molecular formula is C35H29F2N5O5S. The Labute approximate surface area is 274 Å². The molecular weight excluding hydrogens is 640 g/mol. The first kappa shape index (κ1) is 31.1. The SMILES string of the molecule is CCS(=O)(=O)Nc1cc2oc(-c3ccc(F)cc3)c(C(=O)/N=C(/C)N(C)C)c2cc1-c1ccc2c(n1)-c1cc3c(F)cccc3n1CO2. The second-order valence-electron chi connectivity index (χ2n) is 11.5. The highest BCUT2D eigenvalue weighted by molar-refractivity contribution is 7.92. The van der Waals surface area contributed by atoms with Gasteiger partial charge in [0.25, 0.3) is 5.91 Å². The molecule has 0 bridgehead atoms. The molecule has 244 valence electrons. The Morgan fingerprint density at radius 2 is 1.81 bits per heavy atom. The highest BCUT2D eigenvalue weighted by Gasteiger charge is 2.27. The third-order valence-corrected chi connectivity index (χ3v) is 9.61. The Morgan fingerprint density at radius 3 is 2.54 bits per heavy atom. The summed E-state index contributed by atoms with van der Waals surface area (Å²) in [5, 5.41) is 0.758. The smallest absolute Gasteiger partial charge is 0.283 e. The van der Waals surface area contributed by atoms with E-state index < -0.39 is 21.7 Å². The lowest BCUT2D eigenvalue weighted by Crippen LogP contribution is -2.20. The predicted octanol–water partition coefficient (Wildman–Crippen LogP) is 7.29. The van der Waals surface area contributed by atoms with E-state index >= 15 is 0 Å². The lowest BCUT2D eigenvalue weighted by atomic mass is 10.0. The number of furan rings is 1. The number of carbonyl (C=O) groups excluding carboxylic acids is 1. The van der Waals surface area contributed by atoms with Gasteiger partial charge in [-0.25, -0.2) is 22.2 Å². The number of amides is 1. The topological polar surface area (TPSA) is 119 Å². The van der Waals surface area contributed by atoms with Crippen molar-refractivity contribution in [3.05, 3.63) is 90.0 Å². The molecule has 7 rings (SSSR count). The molecule has 1 amide bonds. The van der Waals surface area contributed by atoms with E-state index in [2.05, 4.69) is 9.71 Å². The number of fused-ring (bicyclic) bond motifs is 6. The second kappa shape index (κ2) is 11.6. The summed E-state index contributed by atoms with van der Waals surface area (Å²) in [6.45, 7) is 3.35. The Kier molecular flexibility index (Phi) is 7.51. The monoisotopic (exact) mass is 669 g/mol. The molecule has 0 saturated heterocycles. The number of hydrogen-bond donors (Lipinski definition) is 1. The Morgan fingerprint density at radius 1 is 1.04 bits per heavy atom. The van der Waals surface area contributed by atoms with Gasteiger partial charge >= 0.3 is 0 Å². The molecule has 0 fully saturated rings. The normalized spacial score (nSPS) is 12.9. The van der Waals surface area contributed by atoms with E-state index in [0.717, 1.165) is 0 Å². The van der Waals surface area contributed by atoms with Crippen LogP contribution in [0.3, 0.4) is 0 Å². The second-order valence-corrected chi connectivity index (χ2v) is 13.5. The molecule has 3 aromatic heterocycles. The lowest BCUT2D eigenvalue weighted by molar-refractivity contribution is 0.100. The van der Waals surface area contributed by atoms with Gasteiger partial charge < -0.3 is 18.6 Å². The van der Waals surface area contributed by atoms with Crippen molar-refractivity contribution < 1.29 is 31.1 Å². The van der Waals surface area contributed by atoms with Gasteiger partial charge in [-0.05, 0) is 74.5 Å². The van der Waals surface area contributed by atoms with Gasteiger partial charge in [0, 0.05) is 42.1 Å². The van der Waals surface area contributed by atoms with Crippen LogP contribution in [-0.4, -0.2) is 54.5 Å². The maximum atomic E-state index is 14.7. The standard InChI is InChI=1S/C35H29F2N5O5S/c1-5-48(44,45)40-27-17-31-24(32(35(43)38-19(2)41(3)4)34(47-31)20-9-11-21(36)12-10-20)15-23(27)26-13-14-30-33(39-26)29-16-22-25(37)7-6-8-28(22)42(29)18-46-30/h6-17,40H,5,18H2,1-4H3/b38-19-. The summed E-state index contributed by atoms with van der Waals surface area (Å²) in [4.78, 5) is 24.7. The molecule has 0 unspecified atom stereocenters. The van der Waals surface area contributed by atoms with Crippen molar-refractivity contribution in [3.63, 3.8) is 0 Å². The quantitative estimate of drug-likeness (QED) is 0.146. The summed E-state index contributed by atoms with van der Waals surface area (Å²) in [5.41, 5.74) is 3.29. The molecule has 1 N–H and O–H groups in total. The number of rotatable bonds is 6. The van der Waals surface area contributed by atoms with Crippen molar-refractivity contribution in [3.8, 4) is 39.7 Å². The highest BCUT2D eigenvalue weighted by Crippen LogP contribution is 2.43. The molecule has 0 atom stereocenters. The minimum absolute atomic E-state index is 0.112. The van der Waals surface area contributed by atoms with Gasteiger partial charge in [-0.1, -0.05) is 6.07 Å². The first-order valence-electron chi connectivity index (χ1n) is 15.0. The summed E-state index contributed by atoms with van der Waals surface area (Å²) >= 11 is 0. The van der Waals surface area contributed by atoms with Crippen molar-refractivity contribution in [1.29, 1.82) is 0 Å². The summed E-state index contributed by atoms with van der Waals surface area (Å²) < 4.78 is 71.1. The van der Waals surface area contributed by atoms with Crippen molar-refractivity contribution in [2.24, 2.45) is 4.99 Å². The molecule has 4 heterocycles. The number of sulfonamides is 1. The van der Waals surface area contributed by atoms with E-state index in [4.69, 9.17) is 14.1 Å². The zero-order chi connectivity index (χ0) is 33.9. The molecule has 0 spiro atoms. The van der Waals surface area contributed by atoms with Crippen LogP contribution in [0.15, 0.2) is 82.2 Å². The largest absolute Gasteiger partial charge is 0.470 e. The molecule has 6 aromatic rings. The van der Waals surface area contributed by atoms with Crippen molar-refractivity contribution in [2.45, 2.75) is 20.6 Å². The van der Waals surface area contributed by atoms with Crippen LogP contribution in [-0.2, 0) is 16.8 Å². The summed E-state index contributed by atoms with van der Waals surface area (Å²) in [7, 11) is -0.280. The Bertz CT molecular complexity index is 2410. The number of benzene rings is 3. The highest BCUT2D eigenvalue weighted by atomic mass is 32.2. The van der Waals surface area contributed by atoms with E-state index in [1.54, 1.807) is 62.3 Å². The lowest BCUT2D eigenvalue weighted by Gasteiger charge is -2.21. The summed E-state index contributed by atoms with van der Waals surface area (Å²) in [6, 6.07) is 18.5. The van der Waals surface area contributed by atoms with Crippen LogP contribution in [0.25, 0.3) is 55.8 Å². The molecule has 48 heavy (non-hydrogen) atoms. The van der Waals surface area contributed by atoms with E-state index in [1.165, 1.54) is 43.3 Å². The van der Waals surface area contributed by atoms with E-state index in [0.29, 0.717) is 56.1 Å². The van der Waals surface area contributed by atoms with Gasteiger partial charge in [-0.3, -0.25) is 9.52 Å². The number of pyridine rings is 1. The Balaban J connectivity index is 1.48. The van der Waals surface area contributed by atoms with Crippen LogP contribution in [0.1, 0.15) is 24.2 Å². The number of anilines is 1. The average Bonchev–Trinajstić information content (AvgIpc) is 3.64. The fourth-order valence-corrected chi connectivity index (χ4v) is 6.26.